The topological polar surface area (TPSA) is 86.9 Å². The van der Waals surface area contributed by atoms with Crippen molar-refractivity contribution in [2.75, 3.05) is 18.5 Å². The number of thioether (sulfide) groups is 1. The van der Waals surface area contributed by atoms with Crippen LogP contribution in [0.3, 0.4) is 0 Å². The van der Waals surface area contributed by atoms with Gasteiger partial charge in [0.05, 0.1) is 17.1 Å². The summed E-state index contributed by atoms with van der Waals surface area (Å²) in [5, 5.41) is 12.2. The molecule has 9 heteroatoms. The molecule has 0 aromatic carbocycles. The second-order valence-electron chi connectivity index (χ2n) is 7.20. The number of aryl methyl sites for hydroxylation is 1. The van der Waals surface area contributed by atoms with Crippen LogP contribution in [-0.4, -0.2) is 48.8 Å². The number of anilines is 1. The number of amides is 1. The predicted octanol–water partition coefficient (Wildman–Crippen LogP) is 2.55. The molecule has 0 radical (unpaired) electrons. The van der Waals surface area contributed by atoms with Crippen molar-refractivity contribution in [2.45, 2.75) is 38.6 Å². The third kappa shape index (κ3) is 3.70. The van der Waals surface area contributed by atoms with E-state index in [-0.39, 0.29) is 36.2 Å². The molecule has 4 rings (SSSR count). The molecule has 2 fully saturated rings. The van der Waals surface area contributed by atoms with Crippen LogP contribution >= 0.6 is 24.0 Å². The molecule has 1 aliphatic carbocycles. The molecule has 2 aromatic heterocycles. The van der Waals surface area contributed by atoms with Crippen LogP contribution in [0.5, 0.6) is 0 Å². The number of thiocarbonyl (C=S) groups is 1. The molecule has 3 heterocycles. The second kappa shape index (κ2) is 8.25. The molecule has 7 nitrogen and oxygen atoms in total. The summed E-state index contributed by atoms with van der Waals surface area (Å²) in [5.74, 6) is 0.207. The molecule has 0 spiro atoms. The van der Waals surface area contributed by atoms with E-state index in [2.05, 4.69) is 10.3 Å². The number of pyridine rings is 1. The van der Waals surface area contributed by atoms with E-state index in [0.717, 1.165) is 31.2 Å². The average molecular weight is 431 g/mol. The first kappa shape index (κ1) is 20.1. The molecule has 1 aliphatic heterocycles. The Bertz CT molecular complexity index is 1070. The molecule has 0 atom stereocenters. The van der Waals surface area contributed by atoms with Gasteiger partial charge in [-0.3, -0.25) is 18.9 Å². The Hall–Kier alpha value is -2.23. The number of carbonyl (C=O) groups excluding carboxylic acids is 1. The van der Waals surface area contributed by atoms with E-state index in [1.807, 2.05) is 13.0 Å². The zero-order valence-electron chi connectivity index (χ0n) is 16.1. The lowest BCUT2D eigenvalue weighted by atomic mass is 10.2. The Morgan fingerprint density at radius 2 is 2.14 bits per heavy atom. The minimum atomic E-state index is -0.273. The van der Waals surface area contributed by atoms with E-state index in [0.29, 0.717) is 20.7 Å². The number of nitrogens with one attached hydrogen (secondary N) is 1. The van der Waals surface area contributed by atoms with Crippen LogP contribution < -0.4 is 10.9 Å². The summed E-state index contributed by atoms with van der Waals surface area (Å²) in [6, 6.07) is 3.82. The summed E-state index contributed by atoms with van der Waals surface area (Å²) in [5.41, 5.74) is 1.41. The lowest BCUT2D eigenvalue weighted by molar-refractivity contribution is -0.123. The Labute approximate surface area is 177 Å². The van der Waals surface area contributed by atoms with Crippen molar-refractivity contribution in [1.29, 1.82) is 0 Å². The maximum atomic E-state index is 13.2. The minimum absolute atomic E-state index is 0.0991. The Kier molecular flexibility index (Phi) is 5.71. The highest BCUT2D eigenvalue weighted by molar-refractivity contribution is 8.26. The molecule has 1 saturated carbocycles. The van der Waals surface area contributed by atoms with Crippen molar-refractivity contribution >= 4 is 51.7 Å². The van der Waals surface area contributed by atoms with Gasteiger partial charge in [-0.1, -0.05) is 42.9 Å². The standard InChI is InChI=1S/C20H22N4O3S2/c1-12-5-4-9-23-17(12)22-16(21-8-10-25)14(18(23)26)11-15-19(27)24(20(28)29-15)13-6-2-3-7-13/h4-5,9,11,13,21,25H,2-3,6-8,10H2,1H3. The van der Waals surface area contributed by atoms with Gasteiger partial charge in [0, 0.05) is 18.8 Å². The summed E-state index contributed by atoms with van der Waals surface area (Å²) >= 11 is 6.69. The van der Waals surface area contributed by atoms with Crippen LogP contribution in [0.4, 0.5) is 5.82 Å². The van der Waals surface area contributed by atoms with Gasteiger partial charge in [-0.15, -0.1) is 0 Å². The lowest BCUT2D eigenvalue weighted by Crippen LogP contribution is -2.36. The van der Waals surface area contributed by atoms with E-state index < -0.39 is 0 Å². The second-order valence-corrected chi connectivity index (χ2v) is 8.88. The smallest absolute Gasteiger partial charge is 0.267 e. The number of carbonyl (C=O) groups is 1. The highest BCUT2D eigenvalue weighted by atomic mass is 32.2. The maximum Gasteiger partial charge on any atom is 0.267 e. The lowest BCUT2D eigenvalue weighted by Gasteiger charge is -2.21. The number of aromatic nitrogens is 2. The fourth-order valence-corrected chi connectivity index (χ4v) is 5.22. The third-order valence-corrected chi connectivity index (χ3v) is 6.61. The monoisotopic (exact) mass is 430 g/mol. The van der Waals surface area contributed by atoms with E-state index in [9.17, 15) is 14.7 Å². The fourth-order valence-electron chi connectivity index (χ4n) is 3.84. The van der Waals surface area contributed by atoms with Crippen LogP contribution in [0.1, 0.15) is 36.8 Å². The van der Waals surface area contributed by atoms with Crippen LogP contribution in [0.15, 0.2) is 28.0 Å². The number of fused-ring (bicyclic) bond motifs is 1. The minimum Gasteiger partial charge on any atom is -0.395 e. The first-order chi connectivity index (χ1) is 14.0. The van der Waals surface area contributed by atoms with Crippen molar-refractivity contribution in [1.82, 2.24) is 14.3 Å². The van der Waals surface area contributed by atoms with Crippen molar-refractivity contribution in [2.24, 2.45) is 0 Å². The molecule has 1 saturated heterocycles. The van der Waals surface area contributed by atoms with Gasteiger partial charge in [0.1, 0.15) is 15.8 Å². The van der Waals surface area contributed by atoms with E-state index in [1.165, 1.54) is 16.2 Å². The Morgan fingerprint density at radius 1 is 1.38 bits per heavy atom. The van der Waals surface area contributed by atoms with Crippen molar-refractivity contribution in [3.8, 4) is 0 Å². The molecule has 2 N–H and O–H groups in total. The van der Waals surface area contributed by atoms with Gasteiger partial charge in [-0.05, 0) is 37.5 Å². The Balaban J connectivity index is 1.80. The fraction of sp³-hybridized carbons (Fsp3) is 0.400. The molecule has 29 heavy (non-hydrogen) atoms. The molecule has 2 aromatic rings. The van der Waals surface area contributed by atoms with E-state index in [1.54, 1.807) is 23.2 Å². The van der Waals surface area contributed by atoms with Crippen molar-refractivity contribution in [3.05, 3.63) is 44.7 Å². The highest BCUT2D eigenvalue weighted by Gasteiger charge is 2.38. The van der Waals surface area contributed by atoms with Gasteiger partial charge in [-0.2, -0.15) is 0 Å². The summed E-state index contributed by atoms with van der Waals surface area (Å²) in [6.07, 6.45) is 7.37. The summed E-state index contributed by atoms with van der Waals surface area (Å²) in [7, 11) is 0. The molecule has 2 aliphatic rings. The SMILES string of the molecule is Cc1cccn2c(=O)c(C=C3SC(=S)N(C4CCCC4)C3=O)c(NCCO)nc12. The van der Waals surface area contributed by atoms with Gasteiger partial charge in [-0.25, -0.2) is 4.98 Å². The zero-order valence-corrected chi connectivity index (χ0v) is 17.7. The quantitative estimate of drug-likeness (QED) is 0.557. The first-order valence-electron chi connectivity index (χ1n) is 9.65. The summed E-state index contributed by atoms with van der Waals surface area (Å²) < 4.78 is 2.02. The van der Waals surface area contributed by atoms with E-state index in [4.69, 9.17) is 12.2 Å². The van der Waals surface area contributed by atoms with Crippen LogP contribution in [0, 0.1) is 6.92 Å². The molecular formula is C20H22N4O3S2. The molecule has 152 valence electrons. The number of hydrogen-bond donors (Lipinski definition) is 2. The molecule has 0 bridgehead atoms. The normalized spacial score (nSPS) is 19.1. The average Bonchev–Trinajstić information content (AvgIpc) is 3.31. The van der Waals surface area contributed by atoms with Gasteiger partial charge in [0.15, 0.2) is 0 Å². The third-order valence-electron chi connectivity index (χ3n) is 5.28. The number of aliphatic hydroxyl groups excluding tert-OH is 1. The summed E-state index contributed by atoms with van der Waals surface area (Å²) in [4.78, 5) is 32.9. The van der Waals surface area contributed by atoms with Gasteiger partial charge < -0.3 is 10.4 Å². The molecule has 1 amide bonds. The highest BCUT2D eigenvalue weighted by Crippen LogP contribution is 2.38. The predicted molar refractivity (Wildman–Crippen MR) is 119 cm³/mol. The van der Waals surface area contributed by atoms with Crippen LogP contribution in [-0.2, 0) is 4.79 Å². The molecular weight excluding hydrogens is 408 g/mol. The number of aliphatic hydroxyl groups is 1. The van der Waals surface area contributed by atoms with Crippen molar-refractivity contribution in [3.63, 3.8) is 0 Å². The number of nitrogens with zero attached hydrogens (tertiary/aromatic N) is 3. The zero-order chi connectivity index (χ0) is 20.5. The number of rotatable bonds is 5. The van der Waals surface area contributed by atoms with Crippen LogP contribution in [0.2, 0.25) is 0 Å². The van der Waals surface area contributed by atoms with Crippen LogP contribution in [0.25, 0.3) is 11.7 Å². The number of hydrogen-bond acceptors (Lipinski definition) is 7. The molecule has 0 unspecified atom stereocenters. The van der Waals surface area contributed by atoms with E-state index >= 15 is 0 Å². The van der Waals surface area contributed by atoms with Gasteiger partial charge in [0.2, 0.25) is 0 Å². The maximum absolute atomic E-state index is 13.2. The van der Waals surface area contributed by atoms with Gasteiger partial charge in [0.25, 0.3) is 11.5 Å². The first-order valence-corrected chi connectivity index (χ1v) is 10.9. The van der Waals surface area contributed by atoms with Gasteiger partial charge >= 0.3 is 0 Å². The van der Waals surface area contributed by atoms with Crippen molar-refractivity contribution < 1.29 is 9.90 Å². The largest absolute Gasteiger partial charge is 0.395 e. The summed E-state index contributed by atoms with van der Waals surface area (Å²) in [6.45, 7) is 2.03. The Morgan fingerprint density at radius 3 is 2.86 bits per heavy atom.